The Kier molecular flexibility index (Phi) is 3.35. The lowest BCUT2D eigenvalue weighted by atomic mass is 10.1. The zero-order valence-corrected chi connectivity index (χ0v) is 12.7. The molecule has 6 heteroatoms. The molecule has 19 heavy (non-hydrogen) atoms. The maximum Gasteiger partial charge on any atom is 0.236 e. The molecule has 3 rings (SSSR count). The maximum atomic E-state index is 5.88. The van der Waals surface area contributed by atoms with Gasteiger partial charge in [0.15, 0.2) is 0 Å². The molecular formula is C13H17BrN4O. The average molecular weight is 325 g/mol. The van der Waals surface area contributed by atoms with E-state index in [1.54, 1.807) is 0 Å². The molecule has 0 radical (unpaired) electrons. The van der Waals surface area contributed by atoms with Crippen LogP contribution in [0, 0.1) is 0 Å². The third kappa shape index (κ3) is 2.83. The Bertz CT molecular complexity index is 585. The smallest absolute Gasteiger partial charge is 0.236 e. The van der Waals surface area contributed by atoms with E-state index in [9.17, 15) is 0 Å². The van der Waals surface area contributed by atoms with Crippen molar-refractivity contribution in [2.45, 2.75) is 38.8 Å². The molecule has 0 aliphatic heterocycles. The second-order valence-corrected chi connectivity index (χ2v) is 5.68. The monoisotopic (exact) mass is 324 g/mol. The molecule has 1 fully saturated rings. The number of ether oxygens (including phenoxy) is 1. The van der Waals surface area contributed by atoms with Crippen LogP contribution in [-0.4, -0.2) is 25.7 Å². The van der Waals surface area contributed by atoms with Crippen molar-refractivity contribution in [1.29, 1.82) is 0 Å². The largest absolute Gasteiger partial charge is 0.473 e. The van der Waals surface area contributed by atoms with Crippen LogP contribution in [-0.2, 0) is 20.0 Å². The van der Waals surface area contributed by atoms with E-state index in [4.69, 9.17) is 4.74 Å². The van der Waals surface area contributed by atoms with Crippen LogP contribution in [0.25, 0.3) is 0 Å². The van der Waals surface area contributed by atoms with Crippen LogP contribution in [0.3, 0.4) is 0 Å². The number of hydrogen-bond donors (Lipinski definition) is 0. The summed E-state index contributed by atoms with van der Waals surface area (Å²) in [4.78, 5) is 0. The Balaban J connectivity index is 1.85. The van der Waals surface area contributed by atoms with Crippen LogP contribution in [0.15, 0.2) is 17.0 Å². The van der Waals surface area contributed by atoms with Gasteiger partial charge >= 0.3 is 0 Å². The first-order valence-electron chi connectivity index (χ1n) is 6.56. The summed E-state index contributed by atoms with van der Waals surface area (Å²) in [6.07, 6.45) is 7.54. The molecular weight excluding hydrogens is 308 g/mol. The van der Waals surface area contributed by atoms with Crippen molar-refractivity contribution in [2.75, 3.05) is 0 Å². The van der Waals surface area contributed by atoms with Crippen molar-refractivity contribution < 1.29 is 4.74 Å². The van der Waals surface area contributed by atoms with Gasteiger partial charge in [0.05, 0.1) is 0 Å². The SMILES string of the molecule is CCn1cc(Cc2cn(C)nc2Br)c(OC2CC2)n1. The topological polar surface area (TPSA) is 44.9 Å². The summed E-state index contributed by atoms with van der Waals surface area (Å²) in [5, 5.41) is 8.80. The fourth-order valence-corrected chi connectivity index (χ4v) is 2.50. The minimum atomic E-state index is 0.372. The minimum absolute atomic E-state index is 0.372. The van der Waals surface area contributed by atoms with Crippen molar-refractivity contribution in [3.8, 4) is 5.88 Å². The number of aromatic nitrogens is 4. The van der Waals surface area contributed by atoms with E-state index in [1.807, 2.05) is 22.6 Å². The van der Waals surface area contributed by atoms with Crippen molar-refractivity contribution in [3.63, 3.8) is 0 Å². The predicted octanol–water partition coefficient (Wildman–Crippen LogP) is 2.53. The summed E-state index contributed by atoms with van der Waals surface area (Å²) in [7, 11) is 1.92. The number of rotatable bonds is 5. The molecule has 1 aliphatic rings. The van der Waals surface area contributed by atoms with Crippen molar-refractivity contribution >= 4 is 15.9 Å². The number of halogens is 1. The second kappa shape index (κ2) is 5.00. The van der Waals surface area contributed by atoms with Gasteiger partial charge in [-0.2, -0.15) is 5.10 Å². The molecule has 0 spiro atoms. The van der Waals surface area contributed by atoms with Gasteiger partial charge in [0.2, 0.25) is 5.88 Å². The predicted molar refractivity (Wildman–Crippen MR) is 75.3 cm³/mol. The van der Waals surface area contributed by atoms with Crippen molar-refractivity contribution in [3.05, 3.63) is 28.1 Å². The minimum Gasteiger partial charge on any atom is -0.473 e. The average Bonchev–Trinajstić information content (AvgIpc) is 3.01. The molecule has 0 bridgehead atoms. The van der Waals surface area contributed by atoms with Gasteiger partial charge in [-0.3, -0.25) is 9.36 Å². The Morgan fingerprint density at radius 2 is 2.11 bits per heavy atom. The van der Waals surface area contributed by atoms with Gasteiger partial charge in [0, 0.05) is 43.5 Å². The van der Waals surface area contributed by atoms with Gasteiger partial charge in [0.25, 0.3) is 0 Å². The quantitative estimate of drug-likeness (QED) is 0.849. The van der Waals surface area contributed by atoms with E-state index >= 15 is 0 Å². The molecule has 1 saturated carbocycles. The summed E-state index contributed by atoms with van der Waals surface area (Å²) in [6, 6.07) is 0. The second-order valence-electron chi connectivity index (χ2n) is 4.93. The molecule has 0 unspecified atom stereocenters. The van der Waals surface area contributed by atoms with Crippen LogP contribution >= 0.6 is 15.9 Å². The molecule has 0 saturated heterocycles. The highest BCUT2D eigenvalue weighted by Crippen LogP contribution is 2.30. The van der Waals surface area contributed by atoms with Crippen LogP contribution in [0.5, 0.6) is 5.88 Å². The lowest BCUT2D eigenvalue weighted by Crippen LogP contribution is -2.00. The van der Waals surface area contributed by atoms with Crippen molar-refractivity contribution in [1.82, 2.24) is 19.6 Å². The summed E-state index contributed by atoms with van der Waals surface area (Å²) < 4.78 is 10.5. The first-order valence-corrected chi connectivity index (χ1v) is 7.36. The lowest BCUT2D eigenvalue weighted by molar-refractivity contribution is 0.285. The highest BCUT2D eigenvalue weighted by atomic mass is 79.9. The van der Waals surface area contributed by atoms with E-state index in [-0.39, 0.29) is 0 Å². The zero-order chi connectivity index (χ0) is 13.4. The van der Waals surface area contributed by atoms with Gasteiger partial charge in [-0.1, -0.05) is 0 Å². The van der Waals surface area contributed by atoms with Crippen LogP contribution in [0.1, 0.15) is 30.9 Å². The van der Waals surface area contributed by atoms with Crippen LogP contribution in [0.4, 0.5) is 0 Å². The summed E-state index contributed by atoms with van der Waals surface area (Å²) >= 11 is 3.49. The fourth-order valence-electron chi connectivity index (χ4n) is 2.01. The molecule has 2 aromatic heterocycles. The van der Waals surface area contributed by atoms with E-state index in [0.29, 0.717) is 6.10 Å². The van der Waals surface area contributed by atoms with E-state index in [1.165, 1.54) is 0 Å². The van der Waals surface area contributed by atoms with Crippen LogP contribution < -0.4 is 4.74 Å². The molecule has 0 N–H and O–H groups in total. The normalized spacial score (nSPS) is 14.9. The Morgan fingerprint density at radius 1 is 1.32 bits per heavy atom. The summed E-state index contributed by atoms with van der Waals surface area (Å²) in [5.74, 6) is 0.778. The lowest BCUT2D eigenvalue weighted by Gasteiger charge is -2.02. The van der Waals surface area contributed by atoms with E-state index in [2.05, 4.69) is 39.2 Å². The highest BCUT2D eigenvalue weighted by molar-refractivity contribution is 9.10. The standard InChI is InChI=1S/C13H17BrN4O/c1-3-18-8-10(13(16-18)19-11-4-5-11)6-9-7-17(2)15-12(9)14/h7-8,11H,3-6H2,1-2H3. The molecule has 0 atom stereocenters. The molecule has 102 valence electrons. The Hall–Kier alpha value is -1.30. The molecule has 1 aliphatic carbocycles. The van der Waals surface area contributed by atoms with E-state index in [0.717, 1.165) is 47.4 Å². The first kappa shape index (κ1) is 12.7. The number of hydrogen-bond acceptors (Lipinski definition) is 3. The molecule has 0 amide bonds. The summed E-state index contributed by atoms with van der Waals surface area (Å²) in [5.41, 5.74) is 2.28. The third-order valence-electron chi connectivity index (χ3n) is 3.16. The Morgan fingerprint density at radius 3 is 2.68 bits per heavy atom. The van der Waals surface area contributed by atoms with Crippen LogP contribution in [0.2, 0.25) is 0 Å². The van der Waals surface area contributed by atoms with Gasteiger partial charge in [-0.15, -0.1) is 5.10 Å². The fraction of sp³-hybridized carbons (Fsp3) is 0.538. The van der Waals surface area contributed by atoms with E-state index < -0.39 is 0 Å². The first-order chi connectivity index (χ1) is 9.15. The molecule has 0 aromatic carbocycles. The zero-order valence-electron chi connectivity index (χ0n) is 11.1. The maximum absolute atomic E-state index is 5.88. The molecule has 2 aromatic rings. The van der Waals surface area contributed by atoms with Gasteiger partial charge in [0.1, 0.15) is 10.7 Å². The van der Waals surface area contributed by atoms with Gasteiger partial charge in [-0.05, 0) is 35.7 Å². The molecule has 2 heterocycles. The van der Waals surface area contributed by atoms with Crippen molar-refractivity contribution in [2.24, 2.45) is 7.05 Å². The molecule has 5 nitrogen and oxygen atoms in total. The van der Waals surface area contributed by atoms with Gasteiger partial charge < -0.3 is 4.74 Å². The highest BCUT2D eigenvalue weighted by Gasteiger charge is 2.26. The number of nitrogens with zero attached hydrogens (tertiary/aromatic N) is 4. The van der Waals surface area contributed by atoms with Gasteiger partial charge in [-0.25, -0.2) is 0 Å². The Labute approximate surface area is 120 Å². The summed E-state index contributed by atoms with van der Waals surface area (Å²) in [6.45, 7) is 2.94. The third-order valence-corrected chi connectivity index (χ3v) is 3.83. The number of aryl methyl sites for hydroxylation is 2.